The molecule has 0 bridgehead atoms. The number of aryl methyl sites for hydroxylation is 1. The number of benzene rings is 3. The molecule has 0 aromatic heterocycles. The summed E-state index contributed by atoms with van der Waals surface area (Å²) in [6, 6.07) is 24.2. The van der Waals surface area contributed by atoms with Crippen LogP contribution in [0.5, 0.6) is 11.5 Å². The summed E-state index contributed by atoms with van der Waals surface area (Å²) in [5, 5.41) is 0. The van der Waals surface area contributed by atoms with E-state index in [0.717, 1.165) is 12.0 Å². The Labute approximate surface area is 175 Å². The Hall–Kier alpha value is -3.80. The summed E-state index contributed by atoms with van der Waals surface area (Å²) in [4.78, 5) is 24.0. The highest BCUT2D eigenvalue weighted by molar-refractivity contribution is 5.95. The normalized spacial score (nSPS) is 10.2. The largest absolute Gasteiger partial charge is 0.493 e. The molecule has 154 valence electrons. The fourth-order valence-electron chi connectivity index (χ4n) is 2.72. The highest BCUT2D eigenvalue weighted by atomic mass is 16.5. The minimum atomic E-state index is -0.453. The number of amides is 2. The van der Waals surface area contributed by atoms with Gasteiger partial charge in [-0.3, -0.25) is 20.4 Å². The van der Waals surface area contributed by atoms with Crippen LogP contribution in [0.25, 0.3) is 0 Å². The lowest BCUT2D eigenvalue weighted by Crippen LogP contribution is -2.43. The lowest BCUT2D eigenvalue weighted by molar-refractivity contribution is -0.123. The Morgan fingerprint density at radius 2 is 1.57 bits per heavy atom. The van der Waals surface area contributed by atoms with Crippen molar-refractivity contribution in [2.75, 3.05) is 13.2 Å². The van der Waals surface area contributed by atoms with Gasteiger partial charge in [0.15, 0.2) is 6.61 Å². The summed E-state index contributed by atoms with van der Waals surface area (Å²) in [5.41, 5.74) is 7.36. The molecular formula is C24H24N2O4. The number of hydrazine groups is 1. The fourth-order valence-corrected chi connectivity index (χ4v) is 2.72. The van der Waals surface area contributed by atoms with Gasteiger partial charge in [0.2, 0.25) is 0 Å². The zero-order valence-electron chi connectivity index (χ0n) is 16.8. The molecule has 0 saturated heterocycles. The van der Waals surface area contributed by atoms with Crippen molar-refractivity contribution in [3.8, 4) is 11.5 Å². The second-order valence-corrected chi connectivity index (χ2v) is 6.72. The Balaban J connectivity index is 1.39. The van der Waals surface area contributed by atoms with Crippen LogP contribution in [0.4, 0.5) is 0 Å². The van der Waals surface area contributed by atoms with E-state index < -0.39 is 11.8 Å². The topological polar surface area (TPSA) is 76.7 Å². The second-order valence-electron chi connectivity index (χ2n) is 6.72. The zero-order chi connectivity index (χ0) is 21.2. The molecule has 0 aliphatic carbocycles. The number of carbonyl (C=O) groups is 2. The molecule has 3 aromatic rings. The Morgan fingerprint density at radius 3 is 2.30 bits per heavy atom. The van der Waals surface area contributed by atoms with Gasteiger partial charge in [0.05, 0.1) is 6.61 Å². The minimum Gasteiger partial charge on any atom is -0.493 e. The molecular weight excluding hydrogens is 380 g/mol. The number of ether oxygens (including phenoxy) is 2. The third kappa shape index (κ3) is 6.67. The third-order valence-electron chi connectivity index (χ3n) is 4.29. The van der Waals surface area contributed by atoms with Gasteiger partial charge in [0, 0.05) is 12.0 Å². The van der Waals surface area contributed by atoms with Crippen molar-refractivity contribution in [1.29, 1.82) is 0 Å². The Kier molecular flexibility index (Phi) is 7.44. The summed E-state index contributed by atoms with van der Waals surface area (Å²) in [7, 11) is 0. The van der Waals surface area contributed by atoms with E-state index in [0.29, 0.717) is 23.7 Å². The van der Waals surface area contributed by atoms with E-state index in [1.807, 2.05) is 43.3 Å². The Bertz CT molecular complexity index is 972. The molecule has 2 N–H and O–H groups in total. The number of rotatable bonds is 8. The predicted molar refractivity (Wildman–Crippen MR) is 114 cm³/mol. The molecule has 2 amide bonds. The summed E-state index contributed by atoms with van der Waals surface area (Å²) in [6.07, 6.45) is 0.805. The molecule has 6 heteroatoms. The van der Waals surface area contributed by atoms with Gasteiger partial charge in [-0.2, -0.15) is 0 Å². The molecule has 0 spiro atoms. The van der Waals surface area contributed by atoms with Crippen LogP contribution in [0.2, 0.25) is 0 Å². The second kappa shape index (κ2) is 10.7. The van der Waals surface area contributed by atoms with Crippen LogP contribution in [0.15, 0.2) is 78.9 Å². The van der Waals surface area contributed by atoms with Crippen molar-refractivity contribution >= 4 is 11.8 Å². The first-order chi connectivity index (χ1) is 14.6. The van der Waals surface area contributed by atoms with Crippen molar-refractivity contribution in [2.24, 2.45) is 0 Å². The van der Waals surface area contributed by atoms with Crippen molar-refractivity contribution < 1.29 is 19.1 Å². The molecule has 0 unspecified atom stereocenters. The number of hydrogen-bond acceptors (Lipinski definition) is 4. The molecule has 0 aliphatic heterocycles. The minimum absolute atomic E-state index is 0.197. The van der Waals surface area contributed by atoms with Crippen LogP contribution in [-0.2, 0) is 11.2 Å². The summed E-state index contributed by atoms with van der Waals surface area (Å²) in [5.74, 6) is 0.401. The van der Waals surface area contributed by atoms with Gasteiger partial charge in [-0.05, 0) is 54.4 Å². The van der Waals surface area contributed by atoms with Crippen molar-refractivity contribution in [2.45, 2.75) is 13.3 Å². The summed E-state index contributed by atoms with van der Waals surface area (Å²) in [6.45, 7) is 2.29. The number of nitrogens with one attached hydrogen (secondary N) is 2. The van der Waals surface area contributed by atoms with Crippen LogP contribution in [0.1, 0.15) is 21.5 Å². The van der Waals surface area contributed by atoms with Crippen LogP contribution in [0, 0.1) is 6.92 Å². The maximum Gasteiger partial charge on any atom is 0.276 e. The standard InChI is InChI=1S/C24H24N2O4/c1-18-6-5-9-22(16-18)30-17-23(27)25-26-24(28)20-10-12-21(13-11-20)29-15-14-19-7-3-2-4-8-19/h2-13,16H,14-15,17H2,1H3,(H,25,27)(H,26,28). The van der Waals surface area contributed by atoms with Crippen LogP contribution in [-0.4, -0.2) is 25.0 Å². The monoisotopic (exact) mass is 404 g/mol. The Morgan fingerprint density at radius 1 is 0.800 bits per heavy atom. The van der Waals surface area contributed by atoms with E-state index in [1.165, 1.54) is 5.56 Å². The average molecular weight is 404 g/mol. The highest BCUT2D eigenvalue weighted by Crippen LogP contribution is 2.13. The van der Waals surface area contributed by atoms with Gasteiger partial charge in [-0.1, -0.05) is 42.5 Å². The van der Waals surface area contributed by atoms with Gasteiger partial charge in [0.25, 0.3) is 11.8 Å². The van der Waals surface area contributed by atoms with E-state index in [4.69, 9.17) is 9.47 Å². The molecule has 3 aromatic carbocycles. The van der Waals surface area contributed by atoms with E-state index in [2.05, 4.69) is 23.0 Å². The molecule has 0 aliphatic rings. The first kappa shape index (κ1) is 20.9. The molecule has 3 rings (SSSR count). The smallest absolute Gasteiger partial charge is 0.276 e. The third-order valence-corrected chi connectivity index (χ3v) is 4.29. The van der Waals surface area contributed by atoms with E-state index in [-0.39, 0.29) is 6.61 Å². The molecule has 0 heterocycles. The quantitative estimate of drug-likeness (QED) is 0.564. The molecule has 0 radical (unpaired) electrons. The highest BCUT2D eigenvalue weighted by Gasteiger charge is 2.08. The molecule has 30 heavy (non-hydrogen) atoms. The van der Waals surface area contributed by atoms with Gasteiger partial charge in [-0.25, -0.2) is 0 Å². The number of carbonyl (C=O) groups excluding carboxylic acids is 2. The molecule has 0 fully saturated rings. The SMILES string of the molecule is Cc1cccc(OCC(=O)NNC(=O)c2ccc(OCCc3ccccc3)cc2)c1. The van der Waals surface area contributed by atoms with Gasteiger partial charge < -0.3 is 9.47 Å². The lowest BCUT2D eigenvalue weighted by Gasteiger charge is -2.10. The van der Waals surface area contributed by atoms with E-state index in [1.54, 1.807) is 30.3 Å². The predicted octanol–water partition coefficient (Wildman–Crippen LogP) is 3.46. The first-order valence-electron chi connectivity index (χ1n) is 9.65. The summed E-state index contributed by atoms with van der Waals surface area (Å²) < 4.78 is 11.1. The van der Waals surface area contributed by atoms with Gasteiger partial charge in [-0.15, -0.1) is 0 Å². The van der Waals surface area contributed by atoms with Crippen molar-refractivity contribution in [3.05, 3.63) is 95.6 Å². The number of hydrogen-bond donors (Lipinski definition) is 2. The maximum atomic E-state index is 12.2. The van der Waals surface area contributed by atoms with Gasteiger partial charge >= 0.3 is 0 Å². The van der Waals surface area contributed by atoms with E-state index >= 15 is 0 Å². The maximum absolute atomic E-state index is 12.2. The zero-order valence-corrected chi connectivity index (χ0v) is 16.8. The first-order valence-corrected chi connectivity index (χ1v) is 9.65. The van der Waals surface area contributed by atoms with Crippen LogP contribution >= 0.6 is 0 Å². The molecule has 0 saturated carbocycles. The van der Waals surface area contributed by atoms with Gasteiger partial charge in [0.1, 0.15) is 11.5 Å². The van der Waals surface area contributed by atoms with Crippen molar-refractivity contribution in [1.82, 2.24) is 10.9 Å². The average Bonchev–Trinajstić information content (AvgIpc) is 2.77. The molecule has 6 nitrogen and oxygen atoms in total. The van der Waals surface area contributed by atoms with E-state index in [9.17, 15) is 9.59 Å². The molecule has 0 atom stereocenters. The van der Waals surface area contributed by atoms with Crippen LogP contribution in [0.3, 0.4) is 0 Å². The van der Waals surface area contributed by atoms with Crippen molar-refractivity contribution in [3.63, 3.8) is 0 Å². The fraction of sp³-hybridized carbons (Fsp3) is 0.167. The summed E-state index contributed by atoms with van der Waals surface area (Å²) >= 11 is 0. The van der Waals surface area contributed by atoms with Crippen LogP contribution < -0.4 is 20.3 Å². The lowest BCUT2D eigenvalue weighted by atomic mass is 10.2.